The van der Waals surface area contributed by atoms with Crippen molar-refractivity contribution in [2.24, 2.45) is 0 Å². The van der Waals surface area contributed by atoms with Gasteiger partial charge >= 0.3 is 0 Å². The summed E-state index contributed by atoms with van der Waals surface area (Å²) in [5.74, 6) is 0. The summed E-state index contributed by atoms with van der Waals surface area (Å²) in [5, 5.41) is 15.8. The minimum Gasteiger partial charge on any atom is -0.135 e. The summed E-state index contributed by atoms with van der Waals surface area (Å²) in [7, 11) is 0. The minimum atomic E-state index is 1.24. The van der Waals surface area contributed by atoms with E-state index in [4.69, 9.17) is 0 Å². The molecule has 10 aromatic carbocycles. The second-order valence-electron chi connectivity index (χ2n) is 14.4. The van der Waals surface area contributed by atoms with Crippen LogP contribution in [0.2, 0.25) is 0 Å². The molecule has 0 bridgehead atoms. The van der Waals surface area contributed by atoms with E-state index in [1.807, 2.05) is 22.7 Å². The molecular weight excluding hydrogens is 689 g/mol. The fourth-order valence-corrected chi connectivity index (χ4v) is 11.5. The van der Waals surface area contributed by atoms with Gasteiger partial charge in [-0.2, -0.15) is 0 Å². The van der Waals surface area contributed by atoms with Gasteiger partial charge < -0.3 is 0 Å². The third kappa shape index (κ3) is 4.42. The lowest BCUT2D eigenvalue weighted by molar-refractivity contribution is 1.66. The molecule has 12 aromatic rings. The molecule has 0 aliphatic rings. The van der Waals surface area contributed by atoms with Crippen molar-refractivity contribution in [2.45, 2.75) is 0 Å². The lowest BCUT2D eigenvalue weighted by Gasteiger charge is -2.18. The quantitative estimate of drug-likeness (QED) is 0.160. The smallest absolute Gasteiger partial charge is 0.0448 e. The van der Waals surface area contributed by atoms with Gasteiger partial charge in [0.05, 0.1) is 0 Å². The Bertz CT molecular complexity index is 3430. The van der Waals surface area contributed by atoms with Crippen LogP contribution in [0.4, 0.5) is 0 Å². The Morgan fingerprint density at radius 3 is 1.52 bits per heavy atom. The molecule has 250 valence electrons. The molecule has 0 N–H and O–H groups in total. The van der Waals surface area contributed by atoms with Crippen LogP contribution in [-0.2, 0) is 0 Å². The average Bonchev–Trinajstić information content (AvgIpc) is 3.81. The highest BCUT2D eigenvalue weighted by atomic mass is 32.1. The maximum Gasteiger partial charge on any atom is 0.0448 e. The molecule has 2 aromatic heterocycles. The Hall–Kier alpha value is -6.32. The molecule has 0 unspecified atom stereocenters. The summed E-state index contributed by atoms with van der Waals surface area (Å²) in [6, 6.07) is 67.7. The SMILES string of the molecule is c1ccc(-c2c3ccccc3c(-c3ccc4cc(-c5ccc6c(c5)sc5c6ccc6sc7ccc8ccccc8c7c65)ccc4c3)c3ccccc23)cc1. The molecule has 0 nitrogen and oxygen atoms in total. The third-order valence-corrected chi connectivity index (χ3v) is 13.7. The van der Waals surface area contributed by atoms with Gasteiger partial charge in [0.1, 0.15) is 0 Å². The fraction of sp³-hybridized carbons (Fsp3) is 0. The van der Waals surface area contributed by atoms with E-state index < -0.39 is 0 Å². The van der Waals surface area contributed by atoms with Crippen LogP contribution in [0.15, 0.2) is 182 Å². The number of hydrogen-bond acceptors (Lipinski definition) is 2. The van der Waals surface area contributed by atoms with Crippen LogP contribution in [0.3, 0.4) is 0 Å². The predicted octanol–water partition coefficient (Wildman–Crippen LogP) is 16.0. The zero-order chi connectivity index (χ0) is 35.3. The predicted molar refractivity (Wildman–Crippen MR) is 239 cm³/mol. The lowest BCUT2D eigenvalue weighted by Crippen LogP contribution is -1.90. The first-order valence-corrected chi connectivity index (χ1v) is 20.1. The zero-order valence-electron chi connectivity index (χ0n) is 29.1. The van der Waals surface area contributed by atoms with E-state index >= 15 is 0 Å². The van der Waals surface area contributed by atoms with Crippen LogP contribution >= 0.6 is 22.7 Å². The van der Waals surface area contributed by atoms with Crippen molar-refractivity contribution in [3.63, 3.8) is 0 Å². The molecule has 2 heteroatoms. The summed E-state index contributed by atoms with van der Waals surface area (Å²) in [5.41, 5.74) is 7.59. The molecule has 0 saturated heterocycles. The normalized spacial score (nSPS) is 12.1. The standard InChI is InChI=1S/C52H30S2/c1-2-11-32(12-3-1)48-40-14-6-8-16-42(40)49(43-17-9-7-15-41(43)48)37-21-20-33-28-34(18-19-35(33)29-37)36-22-24-39-44-25-27-46-51(52(44)54-47(39)30-36)50-38-13-5-4-10-31(38)23-26-45(50)53-46/h1-30H. The summed E-state index contributed by atoms with van der Waals surface area (Å²) in [6.45, 7) is 0. The Labute approximate surface area is 319 Å². The maximum absolute atomic E-state index is 2.40. The highest BCUT2D eigenvalue weighted by molar-refractivity contribution is 7.30. The molecule has 54 heavy (non-hydrogen) atoms. The van der Waals surface area contributed by atoms with E-state index in [0.717, 1.165) is 0 Å². The van der Waals surface area contributed by atoms with Crippen molar-refractivity contribution >= 4 is 106 Å². The molecule has 0 saturated carbocycles. The average molecular weight is 719 g/mol. The van der Waals surface area contributed by atoms with Crippen molar-refractivity contribution in [3.8, 4) is 33.4 Å². The number of rotatable bonds is 3. The van der Waals surface area contributed by atoms with E-state index in [2.05, 4.69) is 182 Å². The summed E-state index contributed by atoms with van der Waals surface area (Å²) < 4.78 is 5.45. The molecule has 2 heterocycles. The van der Waals surface area contributed by atoms with Gasteiger partial charge in [0, 0.05) is 40.3 Å². The summed E-state index contributed by atoms with van der Waals surface area (Å²) in [4.78, 5) is 0. The summed E-state index contributed by atoms with van der Waals surface area (Å²) in [6.07, 6.45) is 0. The molecule has 0 amide bonds. The highest BCUT2D eigenvalue weighted by Crippen LogP contribution is 2.48. The van der Waals surface area contributed by atoms with E-state index in [1.54, 1.807) is 0 Å². The molecule has 0 spiro atoms. The van der Waals surface area contributed by atoms with Crippen molar-refractivity contribution < 1.29 is 0 Å². The number of benzene rings is 10. The van der Waals surface area contributed by atoms with Crippen molar-refractivity contribution in [1.29, 1.82) is 0 Å². The van der Waals surface area contributed by atoms with Gasteiger partial charge in [-0.1, -0.05) is 152 Å². The van der Waals surface area contributed by atoms with Gasteiger partial charge in [-0.15, -0.1) is 22.7 Å². The molecule has 0 atom stereocenters. The molecule has 0 aliphatic heterocycles. The monoisotopic (exact) mass is 718 g/mol. The maximum atomic E-state index is 2.40. The first-order chi connectivity index (χ1) is 26.8. The topological polar surface area (TPSA) is 0 Å². The number of thiophene rings is 2. The van der Waals surface area contributed by atoms with Crippen molar-refractivity contribution in [1.82, 2.24) is 0 Å². The lowest BCUT2D eigenvalue weighted by atomic mass is 9.85. The summed E-state index contributed by atoms with van der Waals surface area (Å²) >= 11 is 3.85. The van der Waals surface area contributed by atoms with Crippen LogP contribution in [0.25, 0.3) is 117 Å². The van der Waals surface area contributed by atoms with E-state index in [-0.39, 0.29) is 0 Å². The van der Waals surface area contributed by atoms with Crippen LogP contribution in [0.5, 0.6) is 0 Å². The fourth-order valence-electron chi connectivity index (χ4n) is 8.97. The second kappa shape index (κ2) is 11.6. The van der Waals surface area contributed by atoms with Gasteiger partial charge in [0.15, 0.2) is 0 Å². The van der Waals surface area contributed by atoms with Gasteiger partial charge in [0.25, 0.3) is 0 Å². The molecular formula is C52H30S2. The van der Waals surface area contributed by atoms with Gasteiger partial charge in [-0.3, -0.25) is 0 Å². The van der Waals surface area contributed by atoms with Crippen molar-refractivity contribution in [3.05, 3.63) is 182 Å². The minimum absolute atomic E-state index is 1.24. The van der Waals surface area contributed by atoms with E-state index in [0.29, 0.717) is 0 Å². The molecule has 12 rings (SSSR count). The van der Waals surface area contributed by atoms with Crippen LogP contribution in [0, 0.1) is 0 Å². The van der Waals surface area contributed by atoms with Crippen LogP contribution in [0.1, 0.15) is 0 Å². The second-order valence-corrected chi connectivity index (χ2v) is 16.5. The first kappa shape index (κ1) is 30.2. The Kier molecular flexibility index (Phi) is 6.48. The van der Waals surface area contributed by atoms with Gasteiger partial charge in [-0.05, 0) is 107 Å². The van der Waals surface area contributed by atoms with Crippen LogP contribution < -0.4 is 0 Å². The van der Waals surface area contributed by atoms with Gasteiger partial charge in [-0.25, -0.2) is 0 Å². The molecule has 0 fully saturated rings. The highest BCUT2D eigenvalue weighted by Gasteiger charge is 2.18. The Balaban J connectivity index is 0.990. The Morgan fingerprint density at radius 2 is 0.778 bits per heavy atom. The third-order valence-electron chi connectivity index (χ3n) is 11.4. The Morgan fingerprint density at radius 1 is 0.259 bits per heavy atom. The largest absolute Gasteiger partial charge is 0.135 e. The van der Waals surface area contributed by atoms with Crippen molar-refractivity contribution in [2.75, 3.05) is 0 Å². The zero-order valence-corrected chi connectivity index (χ0v) is 30.8. The van der Waals surface area contributed by atoms with Crippen LogP contribution in [-0.4, -0.2) is 0 Å². The van der Waals surface area contributed by atoms with E-state index in [1.165, 1.54) is 117 Å². The first-order valence-electron chi connectivity index (χ1n) is 18.5. The van der Waals surface area contributed by atoms with E-state index in [9.17, 15) is 0 Å². The number of fused-ring (bicyclic) bond motifs is 12. The molecule has 0 aliphatic carbocycles. The van der Waals surface area contributed by atoms with Gasteiger partial charge in [0.2, 0.25) is 0 Å². The number of hydrogen-bond donors (Lipinski definition) is 0. The molecule has 0 radical (unpaired) electrons.